The SMILES string of the molecule is O=C1CC[C@@H](N2Cc3cc(N4CCN(CC5CCN(c6ccc([C@H]7c8ccc(O)cc8CCC78CCC8)cc6)CC5)CC4)ccc3C2=O)C(=O)N1. The van der Waals surface area contributed by atoms with E-state index in [-0.39, 0.29) is 24.1 Å². The van der Waals surface area contributed by atoms with Gasteiger partial charge in [-0.1, -0.05) is 24.6 Å². The Morgan fingerprint density at radius 3 is 2.22 bits per heavy atom. The summed E-state index contributed by atoms with van der Waals surface area (Å²) >= 11 is 0. The van der Waals surface area contributed by atoms with Crippen LogP contribution in [0.3, 0.4) is 0 Å². The van der Waals surface area contributed by atoms with E-state index in [2.05, 4.69) is 56.4 Å². The molecular formula is C42H49N5O4. The van der Waals surface area contributed by atoms with Crippen LogP contribution in [0.2, 0.25) is 0 Å². The number of phenols is 1. The van der Waals surface area contributed by atoms with Crippen molar-refractivity contribution in [1.29, 1.82) is 0 Å². The van der Waals surface area contributed by atoms with Crippen LogP contribution in [0.25, 0.3) is 0 Å². The van der Waals surface area contributed by atoms with Crippen LogP contribution in [0.15, 0.2) is 60.7 Å². The minimum atomic E-state index is -0.580. The van der Waals surface area contributed by atoms with Crippen LogP contribution in [0, 0.1) is 11.3 Å². The Morgan fingerprint density at radius 2 is 1.49 bits per heavy atom. The quantitative estimate of drug-likeness (QED) is 0.334. The van der Waals surface area contributed by atoms with Gasteiger partial charge in [-0.2, -0.15) is 0 Å². The van der Waals surface area contributed by atoms with Crippen LogP contribution in [0.1, 0.15) is 89.9 Å². The lowest BCUT2D eigenvalue weighted by Gasteiger charge is -2.52. The number of aryl methyl sites for hydroxylation is 1. The first-order valence-electron chi connectivity index (χ1n) is 19.3. The van der Waals surface area contributed by atoms with Gasteiger partial charge < -0.3 is 19.8 Å². The van der Waals surface area contributed by atoms with Crippen molar-refractivity contribution in [3.05, 3.63) is 88.5 Å². The van der Waals surface area contributed by atoms with Gasteiger partial charge in [-0.3, -0.25) is 24.6 Å². The molecule has 9 heteroatoms. The number of nitrogens with zero attached hydrogens (tertiary/aromatic N) is 4. The number of aromatic hydroxyl groups is 1. The van der Waals surface area contributed by atoms with E-state index in [1.807, 2.05) is 24.3 Å². The molecule has 4 fully saturated rings. The number of nitrogens with one attached hydrogen (secondary N) is 1. The van der Waals surface area contributed by atoms with Crippen LogP contribution in [0.4, 0.5) is 11.4 Å². The first-order valence-corrected chi connectivity index (χ1v) is 19.3. The second kappa shape index (κ2) is 13.0. The minimum absolute atomic E-state index is 0.117. The summed E-state index contributed by atoms with van der Waals surface area (Å²) in [4.78, 5) is 46.4. The molecule has 3 saturated heterocycles. The maximum absolute atomic E-state index is 13.1. The van der Waals surface area contributed by atoms with Crippen LogP contribution in [-0.4, -0.2) is 84.5 Å². The average molecular weight is 688 g/mol. The van der Waals surface area contributed by atoms with Crippen LogP contribution >= 0.6 is 0 Å². The number of piperazine rings is 1. The van der Waals surface area contributed by atoms with Crippen molar-refractivity contribution in [3.8, 4) is 5.75 Å². The summed E-state index contributed by atoms with van der Waals surface area (Å²) in [5.41, 5.74) is 8.69. The molecule has 2 N–H and O–H groups in total. The molecule has 0 radical (unpaired) electrons. The molecule has 3 amide bonds. The molecule has 0 bridgehead atoms. The van der Waals surface area contributed by atoms with Gasteiger partial charge >= 0.3 is 0 Å². The number of carbonyl (C=O) groups is 3. The Morgan fingerprint density at radius 1 is 0.745 bits per heavy atom. The molecule has 6 aliphatic rings. The summed E-state index contributed by atoms with van der Waals surface area (Å²) < 4.78 is 0. The molecule has 4 aliphatic heterocycles. The van der Waals surface area contributed by atoms with Gasteiger partial charge in [-0.25, -0.2) is 0 Å². The van der Waals surface area contributed by atoms with E-state index in [0.29, 0.717) is 41.5 Å². The summed E-state index contributed by atoms with van der Waals surface area (Å²) in [7, 11) is 0. The molecule has 3 aromatic rings. The van der Waals surface area contributed by atoms with E-state index < -0.39 is 6.04 Å². The number of hydrogen-bond acceptors (Lipinski definition) is 7. The van der Waals surface area contributed by atoms with E-state index in [1.54, 1.807) is 4.90 Å². The molecule has 1 spiro atoms. The Balaban J connectivity index is 0.769. The van der Waals surface area contributed by atoms with Gasteiger partial charge in [0.2, 0.25) is 11.8 Å². The second-order valence-corrected chi connectivity index (χ2v) is 16.1. The third-order valence-corrected chi connectivity index (χ3v) is 13.3. The van der Waals surface area contributed by atoms with Crippen molar-refractivity contribution in [3.63, 3.8) is 0 Å². The molecule has 266 valence electrons. The molecule has 3 aromatic carbocycles. The standard InChI is InChI=1S/C42H49N5O4/c48-34-7-9-35-30(25-34)12-17-42(15-1-16-42)39(35)29-2-4-32(5-3-29)45-18-13-28(14-19-45)26-44-20-22-46(23-21-44)33-6-8-36-31(24-33)27-47(41(36)51)37-10-11-38(49)43-40(37)50/h2-9,24-25,28,37,39,48H,1,10-23,26-27H2,(H,43,49,50)/t37-,39+/m1/s1. The smallest absolute Gasteiger partial charge is 0.255 e. The Labute approximate surface area is 300 Å². The maximum Gasteiger partial charge on any atom is 0.255 e. The van der Waals surface area contributed by atoms with Crippen LogP contribution < -0.4 is 15.1 Å². The molecule has 2 atom stereocenters. The normalized spacial score (nSPS) is 25.1. The number of fused-ring (bicyclic) bond motifs is 2. The molecule has 0 unspecified atom stereocenters. The van der Waals surface area contributed by atoms with Gasteiger partial charge in [0.15, 0.2) is 0 Å². The number of imide groups is 1. The average Bonchev–Trinajstić information content (AvgIpc) is 3.46. The number of anilines is 2. The molecule has 1 saturated carbocycles. The fourth-order valence-corrected chi connectivity index (χ4v) is 10.2. The molecule has 51 heavy (non-hydrogen) atoms. The molecule has 0 aromatic heterocycles. The first-order chi connectivity index (χ1) is 24.8. The van der Waals surface area contributed by atoms with Crippen LogP contribution in [0.5, 0.6) is 5.75 Å². The zero-order chi connectivity index (χ0) is 34.7. The summed E-state index contributed by atoms with van der Waals surface area (Å²) in [6.45, 7) is 7.76. The summed E-state index contributed by atoms with van der Waals surface area (Å²) in [5, 5.41) is 12.5. The Kier molecular flexibility index (Phi) is 8.29. The lowest BCUT2D eigenvalue weighted by Crippen LogP contribution is -2.52. The highest BCUT2D eigenvalue weighted by atomic mass is 16.3. The van der Waals surface area contributed by atoms with Gasteiger partial charge in [0, 0.05) is 81.6 Å². The number of phenolic OH excluding ortho intramolecular Hbond substituents is 1. The molecule has 9 rings (SSSR count). The van der Waals surface area contributed by atoms with E-state index in [9.17, 15) is 19.5 Å². The number of benzene rings is 3. The van der Waals surface area contributed by atoms with Crippen molar-refractivity contribution < 1.29 is 19.5 Å². The van der Waals surface area contributed by atoms with Crippen LogP contribution in [-0.2, 0) is 22.6 Å². The maximum atomic E-state index is 13.1. The molecular weight excluding hydrogens is 638 g/mol. The van der Waals surface area contributed by atoms with Gasteiger partial charge in [0.25, 0.3) is 5.91 Å². The molecule has 4 heterocycles. The van der Waals surface area contributed by atoms with Gasteiger partial charge in [0.05, 0.1) is 0 Å². The van der Waals surface area contributed by atoms with Gasteiger partial charge in [-0.15, -0.1) is 0 Å². The lowest BCUT2D eigenvalue weighted by atomic mass is 9.52. The zero-order valence-corrected chi connectivity index (χ0v) is 29.5. The second-order valence-electron chi connectivity index (χ2n) is 16.1. The highest BCUT2D eigenvalue weighted by Crippen LogP contribution is 2.60. The summed E-state index contributed by atoms with van der Waals surface area (Å²) in [6, 6.07) is 21.1. The third kappa shape index (κ3) is 5.97. The lowest BCUT2D eigenvalue weighted by molar-refractivity contribution is -0.136. The summed E-state index contributed by atoms with van der Waals surface area (Å²) in [5.74, 6) is 0.780. The predicted molar refractivity (Wildman–Crippen MR) is 197 cm³/mol. The van der Waals surface area contributed by atoms with Crippen molar-refractivity contribution in [2.75, 3.05) is 55.6 Å². The summed E-state index contributed by atoms with van der Waals surface area (Å²) in [6.07, 6.45) is 9.34. The Bertz CT molecular complexity index is 1840. The fraction of sp³-hybridized carbons (Fsp3) is 0.500. The Hall–Kier alpha value is -4.37. The van der Waals surface area contributed by atoms with Crippen molar-refractivity contribution in [1.82, 2.24) is 15.1 Å². The largest absolute Gasteiger partial charge is 0.508 e. The number of amides is 3. The number of carbonyl (C=O) groups excluding carboxylic acids is 3. The molecule has 9 nitrogen and oxygen atoms in total. The van der Waals surface area contributed by atoms with Gasteiger partial charge in [0.1, 0.15) is 11.8 Å². The van der Waals surface area contributed by atoms with E-state index in [1.165, 1.54) is 60.9 Å². The topological polar surface area (TPSA) is 96.4 Å². The highest BCUT2D eigenvalue weighted by Gasteiger charge is 2.48. The van der Waals surface area contributed by atoms with Gasteiger partial charge in [-0.05, 0) is 121 Å². The van der Waals surface area contributed by atoms with E-state index >= 15 is 0 Å². The zero-order valence-electron chi connectivity index (χ0n) is 29.5. The predicted octanol–water partition coefficient (Wildman–Crippen LogP) is 5.44. The first kappa shape index (κ1) is 32.5. The number of piperidine rings is 2. The van der Waals surface area contributed by atoms with Crippen molar-refractivity contribution in [2.45, 2.75) is 76.3 Å². The fourth-order valence-electron chi connectivity index (χ4n) is 10.2. The number of rotatable bonds is 6. The van der Waals surface area contributed by atoms with E-state index in [4.69, 9.17) is 0 Å². The highest BCUT2D eigenvalue weighted by molar-refractivity contribution is 6.05. The monoisotopic (exact) mass is 687 g/mol. The molecule has 2 aliphatic carbocycles. The van der Waals surface area contributed by atoms with E-state index in [0.717, 1.165) is 63.5 Å². The van der Waals surface area contributed by atoms with Crippen molar-refractivity contribution in [2.24, 2.45) is 11.3 Å². The number of hydrogen-bond donors (Lipinski definition) is 2. The van der Waals surface area contributed by atoms with Crippen molar-refractivity contribution >= 4 is 29.1 Å². The third-order valence-electron chi connectivity index (χ3n) is 13.3. The minimum Gasteiger partial charge on any atom is -0.508 e.